The predicted octanol–water partition coefficient (Wildman–Crippen LogP) is 7.72. The summed E-state index contributed by atoms with van der Waals surface area (Å²) < 4.78 is 9.18. The summed E-state index contributed by atoms with van der Waals surface area (Å²) in [4.78, 5) is 17.8. The number of hydrogen-bond acceptors (Lipinski definition) is 4. The lowest BCUT2D eigenvalue weighted by Crippen LogP contribution is -2.37. The maximum Gasteiger partial charge on any atom is 0.418 e. The molecule has 6 rings (SSSR count). The van der Waals surface area contributed by atoms with Crippen molar-refractivity contribution in [2.24, 2.45) is 0 Å². The summed E-state index contributed by atoms with van der Waals surface area (Å²) in [6.45, 7) is 7.25. The molecule has 216 valence electrons. The zero-order valence-electron chi connectivity index (χ0n) is 24.8. The molecule has 1 unspecified atom stereocenters. The van der Waals surface area contributed by atoms with Crippen molar-refractivity contribution in [1.29, 1.82) is 0 Å². The van der Waals surface area contributed by atoms with E-state index in [0.29, 0.717) is 16.8 Å². The van der Waals surface area contributed by atoms with Crippen molar-refractivity contribution < 1.29 is 14.6 Å². The Labute approximate surface area is 251 Å². The fraction of sp³-hybridized carbons (Fsp3) is 0.189. The minimum Gasteiger partial charge on any atom is -0.443 e. The third-order valence-corrected chi connectivity index (χ3v) is 7.89. The van der Waals surface area contributed by atoms with Crippen molar-refractivity contribution in [3.8, 4) is 0 Å². The van der Waals surface area contributed by atoms with Gasteiger partial charge in [-0.25, -0.2) is 9.78 Å². The number of fused-ring (bicyclic) bond motifs is 1. The number of ether oxygens (including phenoxy) is 1. The molecular formula is C37H35N3O3. The Kier molecular flexibility index (Phi) is 7.03. The van der Waals surface area contributed by atoms with Gasteiger partial charge >= 0.3 is 6.09 Å². The maximum absolute atomic E-state index is 12.9. The van der Waals surface area contributed by atoms with E-state index in [1.165, 1.54) is 4.57 Å². The molecule has 0 amide bonds. The van der Waals surface area contributed by atoms with Crippen LogP contribution in [0.5, 0.6) is 0 Å². The zero-order valence-corrected chi connectivity index (χ0v) is 24.8. The standard InChI is InChI=1S/C37H35N3O3/c1-35(2,3)43-34(41)40-24-23-30-31(21-14-22-32(30)40)36(4,42)33-25-39(26-38-33)37(27-15-8-5-9-16-27,28-17-10-6-11-18-28)29-19-12-7-13-20-29/h5-26,42H,1-4H3. The normalized spacial score (nSPS) is 13.5. The molecule has 0 aliphatic heterocycles. The van der Waals surface area contributed by atoms with Crippen molar-refractivity contribution in [3.05, 3.63) is 162 Å². The van der Waals surface area contributed by atoms with Gasteiger partial charge in [0.15, 0.2) is 0 Å². The molecule has 6 aromatic rings. The summed E-state index contributed by atoms with van der Waals surface area (Å²) in [5, 5.41) is 12.9. The van der Waals surface area contributed by atoms with E-state index in [9.17, 15) is 9.90 Å². The Bertz CT molecular complexity index is 1770. The van der Waals surface area contributed by atoms with Crippen LogP contribution in [0, 0.1) is 0 Å². The molecule has 0 spiro atoms. The van der Waals surface area contributed by atoms with Crippen LogP contribution < -0.4 is 0 Å². The third kappa shape index (κ3) is 4.94. The number of carbonyl (C=O) groups is 1. The molecule has 0 saturated carbocycles. The lowest BCUT2D eigenvalue weighted by Gasteiger charge is -2.37. The number of carbonyl (C=O) groups excluding carboxylic acids is 1. The molecule has 2 aromatic heterocycles. The Morgan fingerprint density at radius 3 is 1.77 bits per heavy atom. The van der Waals surface area contributed by atoms with E-state index in [2.05, 4.69) is 41.0 Å². The molecule has 0 aliphatic carbocycles. The first-order valence-electron chi connectivity index (χ1n) is 14.4. The number of aromatic nitrogens is 3. The lowest BCUT2D eigenvalue weighted by atomic mass is 9.76. The Morgan fingerprint density at radius 2 is 1.26 bits per heavy atom. The summed E-state index contributed by atoms with van der Waals surface area (Å²) in [6, 6.07) is 38.4. The molecule has 1 atom stereocenters. The maximum atomic E-state index is 12.9. The van der Waals surface area contributed by atoms with Crippen LogP contribution in [0.1, 0.15) is 55.6 Å². The van der Waals surface area contributed by atoms with Gasteiger partial charge in [0, 0.05) is 17.8 Å². The van der Waals surface area contributed by atoms with Crippen LogP contribution in [-0.2, 0) is 15.9 Å². The quantitative estimate of drug-likeness (QED) is 0.209. The van der Waals surface area contributed by atoms with Gasteiger partial charge in [0.25, 0.3) is 0 Å². The second-order valence-corrected chi connectivity index (χ2v) is 12.0. The number of hydrogen-bond donors (Lipinski definition) is 1. The number of nitrogens with zero attached hydrogens (tertiary/aromatic N) is 3. The van der Waals surface area contributed by atoms with E-state index in [-0.39, 0.29) is 0 Å². The summed E-state index contributed by atoms with van der Waals surface area (Å²) in [7, 11) is 0. The minimum atomic E-state index is -1.47. The van der Waals surface area contributed by atoms with Crippen LogP contribution >= 0.6 is 0 Å². The van der Waals surface area contributed by atoms with Gasteiger partial charge in [-0.3, -0.25) is 4.57 Å². The molecule has 0 aliphatic rings. The van der Waals surface area contributed by atoms with Gasteiger partial charge in [-0.1, -0.05) is 103 Å². The molecule has 0 saturated heterocycles. The van der Waals surface area contributed by atoms with E-state index in [1.54, 1.807) is 19.4 Å². The zero-order chi connectivity index (χ0) is 30.2. The molecule has 6 nitrogen and oxygen atoms in total. The van der Waals surface area contributed by atoms with Crippen LogP contribution in [0.2, 0.25) is 0 Å². The van der Waals surface area contributed by atoms with Crippen molar-refractivity contribution in [2.75, 3.05) is 0 Å². The number of rotatable bonds is 6. The van der Waals surface area contributed by atoms with Gasteiger partial charge < -0.3 is 14.4 Å². The molecule has 1 N–H and O–H groups in total. The van der Waals surface area contributed by atoms with Gasteiger partial charge in [-0.05, 0) is 62.1 Å². The second kappa shape index (κ2) is 10.7. The summed E-state index contributed by atoms with van der Waals surface area (Å²) >= 11 is 0. The summed E-state index contributed by atoms with van der Waals surface area (Å²) in [6.07, 6.45) is 4.93. The fourth-order valence-electron chi connectivity index (χ4n) is 5.94. The Hall–Kier alpha value is -4.94. The number of imidazole rings is 1. The summed E-state index contributed by atoms with van der Waals surface area (Å²) in [5.41, 5.74) is 2.11. The number of benzene rings is 4. The minimum absolute atomic E-state index is 0.470. The average molecular weight is 570 g/mol. The smallest absolute Gasteiger partial charge is 0.418 e. The third-order valence-electron chi connectivity index (χ3n) is 7.89. The van der Waals surface area contributed by atoms with Crippen molar-refractivity contribution in [1.82, 2.24) is 14.1 Å². The van der Waals surface area contributed by atoms with Crippen LogP contribution in [0.4, 0.5) is 4.79 Å². The predicted molar refractivity (Wildman–Crippen MR) is 169 cm³/mol. The molecule has 0 fully saturated rings. The Morgan fingerprint density at radius 1 is 0.721 bits per heavy atom. The van der Waals surface area contributed by atoms with E-state index in [4.69, 9.17) is 9.72 Å². The first kappa shape index (κ1) is 28.2. The SMILES string of the molecule is CC(C)(C)OC(=O)n1ccc2c(C(C)(O)c3cn(C(c4ccccc4)(c4ccccc4)c4ccccc4)cn3)cccc21. The highest BCUT2D eigenvalue weighted by Gasteiger charge is 2.40. The topological polar surface area (TPSA) is 69.3 Å². The highest BCUT2D eigenvalue weighted by Crippen LogP contribution is 2.42. The van der Waals surface area contributed by atoms with E-state index in [0.717, 1.165) is 22.1 Å². The van der Waals surface area contributed by atoms with Crippen molar-refractivity contribution >= 4 is 17.0 Å². The van der Waals surface area contributed by atoms with Crippen LogP contribution in [0.25, 0.3) is 10.9 Å². The summed E-state index contributed by atoms with van der Waals surface area (Å²) in [5.74, 6) is 0. The molecule has 43 heavy (non-hydrogen) atoms. The van der Waals surface area contributed by atoms with Gasteiger partial charge in [-0.15, -0.1) is 0 Å². The first-order chi connectivity index (χ1) is 20.6. The van der Waals surface area contributed by atoms with Gasteiger partial charge in [0.2, 0.25) is 0 Å². The first-order valence-corrected chi connectivity index (χ1v) is 14.4. The molecule has 4 aromatic carbocycles. The highest BCUT2D eigenvalue weighted by atomic mass is 16.6. The van der Waals surface area contributed by atoms with Gasteiger partial charge in [0.1, 0.15) is 16.7 Å². The van der Waals surface area contributed by atoms with Crippen molar-refractivity contribution in [3.63, 3.8) is 0 Å². The van der Waals surface area contributed by atoms with E-state index in [1.807, 2.05) is 106 Å². The van der Waals surface area contributed by atoms with Gasteiger partial charge in [-0.2, -0.15) is 0 Å². The van der Waals surface area contributed by atoms with E-state index >= 15 is 0 Å². The van der Waals surface area contributed by atoms with Crippen LogP contribution in [-0.4, -0.2) is 30.9 Å². The molecule has 0 radical (unpaired) electrons. The van der Waals surface area contributed by atoms with Crippen LogP contribution in [0.15, 0.2) is 134 Å². The lowest BCUT2D eigenvalue weighted by molar-refractivity contribution is 0.0544. The fourth-order valence-corrected chi connectivity index (χ4v) is 5.94. The van der Waals surface area contributed by atoms with Gasteiger partial charge in [0.05, 0.1) is 17.5 Å². The van der Waals surface area contributed by atoms with E-state index < -0.39 is 22.8 Å². The highest BCUT2D eigenvalue weighted by molar-refractivity contribution is 5.92. The molecule has 2 heterocycles. The largest absolute Gasteiger partial charge is 0.443 e. The molecule has 0 bridgehead atoms. The Balaban J connectivity index is 1.51. The monoisotopic (exact) mass is 569 g/mol. The number of aliphatic hydroxyl groups is 1. The van der Waals surface area contributed by atoms with Crippen LogP contribution in [0.3, 0.4) is 0 Å². The average Bonchev–Trinajstić information content (AvgIpc) is 3.67. The van der Waals surface area contributed by atoms with Crippen molar-refractivity contribution in [2.45, 2.75) is 44.4 Å². The molecular weight excluding hydrogens is 534 g/mol. The molecule has 6 heteroatoms. The second-order valence-electron chi connectivity index (χ2n) is 12.0.